The molecule has 7 nitrogen and oxygen atoms in total. The van der Waals surface area contributed by atoms with E-state index in [1.54, 1.807) is 50.6 Å². The first kappa shape index (κ1) is 20.3. The zero-order valence-electron chi connectivity index (χ0n) is 17.5. The number of methoxy groups -OCH3 is 2. The van der Waals surface area contributed by atoms with Crippen LogP contribution >= 0.6 is 0 Å². The number of aromatic hydroxyl groups is 1. The number of phenols is 1. The molecule has 1 aromatic heterocycles. The third-order valence-corrected chi connectivity index (χ3v) is 5.66. The molecule has 0 spiro atoms. The number of ether oxygens (including phenoxy) is 2. The summed E-state index contributed by atoms with van der Waals surface area (Å²) in [6.07, 6.45) is 0. The molecule has 1 aliphatic heterocycles. The molecule has 3 aromatic rings. The van der Waals surface area contributed by atoms with Crippen molar-refractivity contribution in [3.8, 4) is 28.4 Å². The minimum Gasteiger partial charge on any atom is -0.507 e. The van der Waals surface area contributed by atoms with E-state index < -0.39 is 5.63 Å². The van der Waals surface area contributed by atoms with E-state index in [2.05, 4.69) is 16.8 Å². The van der Waals surface area contributed by atoms with Gasteiger partial charge in [0, 0.05) is 49.7 Å². The maximum absolute atomic E-state index is 12.9. The molecule has 7 heteroatoms. The first-order chi connectivity index (χ1) is 14.5. The van der Waals surface area contributed by atoms with Crippen molar-refractivity contribution in [1.29, 1.82) is 0 Å². The van der Waals surface area contributed by atoms with E-state index in [1.807, 2.05) is 0 Å². The van der Waals surface area contributed by atoms with Crippen LogP contribution in [0.5, 0.6) is 17.2 Å². The lowest BCUT2D eigenvalue weighted by Gasteiger charge is -2.32. The third kappa shape index (κ3) is 3.86. The van der Waals surface area contributed by atoms with Gasteiger partial charge in [-0.3, -0.25) is 4.90 Å². The largest absolute Gasteiger partial charge is 0.507 e. The van der Waals surface area contributed by atoms with Crippen LogP contribution < -0.4 is 15.1 Å². The highest BCUT2D eigenvalue weighted by Gasteiger charge is 2.20. The molecular weight excluding hydrogens is 384 g/mol. The summed E-state index contributed by atoms with van der Waals surface area (Å²) in [6.45, 7) is 4.27. The van der Waals surface area contributed by atoms with Gasteiger partial charge in [0.15, 0.2) is 0 Å². The van der Waals surface area contributed by atoms with E-state index in [9.17, 15) is 9.90 Å². The standard InChI is InChI=1S/C23H26N2O5/c1-24-8-10-25(11-9-24)14-19-20(26)7-4-15-12-18(23(27)30-22(15)19)17-6-5-16(28-2)13-21(17)29-3/h4-7,12-13,26H,8-11,14H2,1-3H3. The second-order valence-electron chi connectivity index (χ2n) is 7.57. The second kappa shape index (κ2) is 8.38. The lowest BCUT2D eigenvalue weighted by atomic mass is 10.0. The number of rotatable bonds is 5. The predicted molar refractivity (Wildman–Crippen MR) is 115 cm³/mol. The minimum atomic E-state index is -0.476. The van der Waals surface area contributed by atoms with Gasteiger partial charge in [-0.1, -0.05) is 0 Å². The molecule has 2 heterocycles. The predicted octanol–water partition coefficient (Wildman–Crippen LogP) is 2.93. The van der Waals surface area contributed by atoms with Gasteiger partial charge in [0.2, 0.25) is 0 Å². The summed E-state index contributed by atoms with van der Waals surface area (Å²) in [5, 5.41) is 11.2. The minimum absolute atomic E-state index is 0.138. The molecule has 1 saturated heterocycles. The van der Waals surface area contributed by atoms with E-state index in [1.165, 1.54) is 0 Å². The van der Waals surface area contributed by atoms with Crippen molar-refractivity contribution in [2.75, 3.05) is 47.4 Å². The maximum Gasteiger partial charge on any atom is 0.344 e. The normalized spacial score (nSPS) is 15.4. The van der Waals surface area contributed by atoms with Crippen LogP contribution in [0.25, 0.3) is 22.1 Å². The van der Waals surface area contributed by atoms with Crippen LogP contribution in [-0.4, -0.2) is 62.4 Å². The Morgan fingerprint density at radius 3 is 2.47 bits per heavy atom. The zero-order valence-corrected chi connectivity index (χ0v) is 17.5. The van der Waals surface area contributed by atoms with Gasteiger partial charge in [-0.25, -0.2) is 4.79 Å². The van der Waals surface area contributed by atoms with Crippen LogP contribution in [0.2, 0.25) is 0 Å². The average molecular weight is 410 g/mol. The Morgan fingerprint density at radius 2 is 1.77 bits per heavy atom. The number of benzene rings is 2. The van der Waals surface area contributed by atoms with Gasteiger partial charge < -0.3 is 23.9 Å². The van der Waals surface area contributed by atoms with Crippen LogP contribution in [0.3, 0.4) is 0 Å². The average Bonchev–Trinajstić information content (AvgIpc) is 2.76. The lowest BCUT2D eigenvalue weighted by molar-refractivity contribution is 0.147. The fourth-order valence-electron chi connectivity index (χ4n) is 3.82. The number of nitrogens with zero attached hydrogens (tertiary/aromatic N) is 2. The summed E-state index contributed by atoms with van der Waals surface area (Å²) in [7, 11) is 5.22. The SMILES string of the molecule is COc1ccc(-c2cc3ccc(O)c(CN4CCN(C)CC4)c3oc2=O)c(OC)c1. The summed E-state index contributed by atoms with van der Waals surface area (Å²) in [6, 6.07) is 10.5. The maximum atomic E-state index is 12.9. The molecule has 0 aliphatic carbocycles. The van der Waals surface area contributed by atoms with Crippen molar-refractivity contribution >= 4 is 11.0 Å². The molecule has 4 rings (SSSR count). The van der Waals surface area contributed by atoms with E-state index in [0.29, 0.717) is 40.3 Å². The Balaban J connectivity index is 1.77. The molecule has 158 valence electrons. The fourth-order valence-corrected chi connectivity index (χ4v) is 3.82. The van der Waals surface area contributed by atoms with Crippen LogP contribution in [-0.2, 0) is 6.54 Å². The van der Waals surface area contributed by atoms with Gasteiger partial charge in [0.05, 0.1) is 25.3 Å². The van der Waals surface area contributed by atoms with Crippen molar-refractivity contribution in [2.24, 2.45) is 0 Å². The zero-order chi connectivity index (χ0) is 21.3. The molecule has 30 heavy (non-hydrogen) atoms. The fraction of sp³-hybridized carbons (Fsp3) is 0.348. The molecule has 1 N–H and O–H groups in total. The van der Waals surface area contributed by atoms with Crippen molar-refractivity contribution in [1.82, 2.24) is 9.80 Å². The number of hydrogen-bond donors (Lipinski definition) is 1. The number of likely N-dealkylation sites (N-methyl/N-ethyl adjacent to an activating group) is 1. The highest BCUT2D eigenvalue weighted by Crippen LogP contribution is 2.35. The van der Waals surface area contributed by atoms with Gasteiger partial charge in [-0.2, -0.15) is 0 Å². The van der Waals surface area contributed by atoms with Gasteiger partial charge in [-0.05, 0) is 37.4 Å². The van der Waals surface area contributed by atoms with Crippen molar-refractivity contribution in [2.45, 2.75) is 6.54 Å². The number of fused-ring (bicyclic) bond motifs is 1. The number of phenolic OH excluding ortho intramolecular Hbond substituents is 1. The Morgan fingerprint density at radius 1 is 1.00 bits per heavy atom. The van der Waals surface area contributed by atoms with Gasteiger partial charge in [0.1, 0.15) is 22.8 Å². The molecule has 0 unspecified atom stereocenters. The van der Waals surface area contributed by atoms with E-state index >= 15 is 0 Å². The lowest BCUT2D eigenvalue weighted by Crippen LogP contribution is -2.43. The Hall–Kier alpha value is -3.03. The summed E-state index contributed by atoms with van der Waals surface area (Å²) in [5.41, 5.74) is 1.62. The monoisotopic (exact) mass is 410 g/mol. The van der Waals surface area contributed by atoms with Crippen LogP contribution in [0, 0.1) is 0 Å². The number of piperazine rings is 1. The Kier molecular flexibility index (Phi) is 5.65. The van der Waals surface area contributed by atoms with Gasteiger partial charge >= 0.3 is 5.63 Å². The summed E-state index contributed by atoms with van der Waals surface area (Å²) >= 11 is 0. The molecule has 0 atom stereocenters. The van der Waals surface area contributed by atoms with Crippen molar-refractivity contribution in [3.63, 3.8) is 0 Å². The van der Waals surface area contributed by atoms with Gasteiger partial charge in [-0.15, -0.1) is 0 Å². The quantitative estimate of drug-likeness (QED) is 0.648. The molecule has 1 aliphatic rings. The highest BCUT2D eigenvalue weighted by atomic mass is 16.5. The molecule has 0 saturated carbocycles. The third-order valence-electron chi connectivity index (χ3n) is 5.66. The van der Waals surface area contributed by atoms with E-state index in [0.717, 1.165) is 31.6 Å². The highest BCUT2D eigenvalue weighted by molar-refractivity contribution is 5.86. The topological polar surface area (TPSA) is 75.4 Å². The Labute approximate surface area is 175 Å². The van der Waals surface area contributed by atoms with E-state index in [-0.39, 0.29) is 5.75 Å². The molecule has 0 amide bonds. The molecule has 0 bridgehead atoms. The van der Waals surface area contributed by atoms with E-state index in [4.69, 9.17) is 13.9 Å². The Bertz CT molecular complexity index is 1120. The first-order valence-corrected chi connectivity index (χ1v) is 9.92. The summed E-state index contributed by atoms with van der Waals surface area (Å²) < 4.78 is 16.4. The second-order valence-corrected chi connectivity index (χ2v) is 7.57. The molecule has 1 fully saturated rings. The van der Waals surface area contributed by atoms with Gasteiger partial charge in [0.25, 0.3) is 0 Å². The summed E-state index contributed by atoms with van der Waals surface area (Å²) in [4.78, 5) is 17.4. The molecule has 2 aromatic carbocycles. The van der Waals surface area contributed by atoms with Crippen molar-refractivity contribution < 1.29 is 19.0 Å². The molecule has 0 radical (unpaired) electrons. The first-order valence-electron chi connectivity index (χ1n) is 9.92. The van der Waals surface area contributed by atoms with Crippen LogP contribution in [0.1, 0.15) is 5.56 Å². The molecular formula is C23H26N2O5. The van der Waals surface area contributed by atoms with Crippen LogP contribution in [0.4, 0.5) is 0 Å². The summed E-state index contributed by atoms with van der Waals surface area (Å²) in [5.74, 6) is 1.30. The van der Waals surface area contributed by atoms with Crippen LogP contribution in [0.15, 0.2) is 45.6 Å². The van der Waals surface area contributed by atoms with Crippen molar-refractivity contribution in [3.05, 3.63) is 52.4 Å². The smallest absolute Gasteiger partial charge is 0.344 e. The number of hydrogen-bond acceptors (Lipinski definition) is 7.